The van der Waals surface area contributed by atoms with Crippen molar-refractivity contribution in [1.29, 1.82) is 0 Å². The Morgan fingerprint density at radius 2 is 2.07 bits per heavy atom. The lowest BCUT2D eigenvalue weighted by Crippen LogP contribution is -2.18. The van der Waals surface area contributed by atoms with Crippen molar-refractivity contribution in [2.75, 3.05) is 6.61 Å². The van der Waals surface area contributed by atoms with Crippen LogP contribution in [0.2, 0.25) is 0 Å². The molecule has 1 heterocycles. The molecule has 0 aromatic heterocycles. The maximum absolute atomic E-state index is 12.7. The van der Waals surface area contributed by atoms with Gasteiger partial charge >= 0.3 is 5.97 Å². The van der Waals surface area contributed by atoms with Gasteiger partial charge in [-0.1, -0.05) is 12.1 Å². The number of esters is 1. The zero-order chi connectivity index (χ0) is 9.76. The summed E-state index contributed by atoms with van der Waals surface area (Å²) >= 11 is 0. The largest absolute Gasteiger partial charge is 0.465 e. The third kappa shape index (κ3) is 0.820. The lowest BCUT2D eigenvalue weighted by Gasteiger charge is -2.08. The SMILES string of the molecule is O=C1OC[C@H]2C[C@@]12c1ccc(F)cc1. The molecule has 0 amide bonds. The smallest absolute Gasteiger partial charge is 0.317 e. The molecule has 1 aromatic rings. The Hall–Kier alpha value is -1.38. The minimum Gasteiger partial charge on any atom is -0.465 e. The number of ether oxygens (including phenoxy) is 1. The molecule has 14 heavy (non-hydrogen) atoms. The number of benzene rings is 1. The highest BCUT2D eigenvalue weighted by Gasteiger charge is 2.66. The molecule has 2 fully saturated rings. The van der Waals surface area contributed by atoms with Crippen LogP contribution in [0.25, 0.3) is 0 Å². The lowest BCUT2D eigenvalue weighted by atomic mass is 9.95. The fraction of sp³-hybridized carbons (Fsp3) is 0.364. The third-order valence-electron chi connectivity index (χ3n) is 3.24. The lowest BCUT2D eigenvalue weighted by molar-refractivity contribution is -0.142. The molecule has 1 saturated carbocycles. The van der Waals surface area contributed by atoms with Crippen molar-refractivity contribution in [3.8, 4) is 0 Å². The van der Waals surface area contributed by atoms with Gasteiger partial charge in [0.2, 0.25) is 0 Å². The van der Waals surface area contributed by atoms with Gasteiger partial charge in [0.25, 0.3) is 0 Å². The topological polar surface area (TPSA) is 26.3 Å². The summed E-state index contributed by atoms with van der Waals surface area (Å²) in [6.45, 7) is 0.524. The molecular formula is C11H9FO2. The van der Waals surface area contributed by atoms with Crippen molar-refractivity contribution in [1.82, 2.24) is 0 Å². The highest BCUT2D eigenvalue weighted by Crippen LogP contribution is 2.58. The molecule has 1 aromatic carbocycles. The summed E-state index contributed by atoms with van der Waals surface area (Å²) in [7, 11) is 0. The Labute approximate surface area is 80.7 Å². The Morgan fingerprint density at radius 3 is 2.57 bits per heavy atom. The van der Waals surface area contributed by atoms with Crippen LogP contribution in [0.3, 0.4) is 0 Å². The average Bonchev–Trinajstić information content (AvgIpc) is 2.84. The molecule has 2 nitrogen and oxygen atoms in total. The second kappa shape index (κ2) is 2.35. The fourth-order valence-electron chi connectivity index (χ4n) is 2.30. The number of hydrogen-bond donors (Lipinski definition) is 0. The number of fused-ring (bicyclic) bond motifs is 1. The first-order valence-electron chi connectivity index (χ1n) is 4.67. The van der Waals surface area contributed by atoms with Crippen molar-refractivity contribution in [3.63, 3.8) is 0 Å². The molecule has 0 unspecified atom stereocenters. The molecular weight excluding hydrogens is 183 g/mol. The number of carbonyl (C=O) groups excluding carboxylic acids is 1. The van der Waals surface area contributed by atoms with E-state index in [9.17, 15) is 9.18 Å². The van der Waals surface area contributed by atoms with E-state index in [2.05, 4.69) is 0 Å². The van der Waals surface area contributed by atoms with E-state index in [0.717, 1.165) is 12.0 Å². The Bertz CT molecular complexity index is 398. The van der Waals surface area contributed by atoms with Crippen LogP contribution in [-0.4, -0.2) is 12.6 Å². The van der Waals surface area contributed by atoms with Gasteiger partial charge in [0, 0.05) is 5.92 Å². The van der Waals surface area contributed by atoms with Crippen LogP contribution in [0.4, 0.5) is 4.39 Å². The highest BCUT2D eigenvalue weighted by molar-refractivity contribution is 5.89. The summed E-state index contributed by atoms with van der Waals surface area (Å²) in [6.07, 6.45) is 0.859. The molecule has 72 valence electrons. The Morgan fingerprint density at radius 1 is 1.36 bits per heavy atom. The number of rotatable bonds is 1. The Kier molecular flexibility index (Phi) is 1.34. The van der Waals surface area contributed by atoms with Gasteiger partial charge in [-0.25, -0.2) is 4.39 Å². The molecule has 2 atom stereocenters. The number of halogens is 1. The molecule has 1 saturated heterocycles. The number of hydrogen-bond acceptors (Lipinski definition) is 2. The minimum atomic E-state index is -0.423. The summed E-state index contributed by atoms with van der Waals surface area (Å²) in [5, 5.41) is 0. The second-order valence-electron chi connectivity index (χ2n) is 3.98. The monoisotopic (exact) mass is 192 g/mol. The van der Waals surface area contributed by atoms with E-state index in [1.54, 1.807) is 12.1 Å². The zero-order valence-electron chi connectivity index (χ0n) is 7.50. The van der Waals surface area contributed by atoms with Gasteiger partial charge < -0.3 is 4.74 Å². The van der Waals surface area contributed by atoms with E-state index in [0.29, 0.717) is 12.5 Å². The summed E-state index contributed by atoms with van der Waals surface area (Å²) in [5.74, 6) is -0.0942. The van der Waals surface area contributed by atoms with Crippen LogP contribution in [0.15, 0.2) is 24.3 Å². The van der Waals surface area contributed by atoms with Crippen LogP contribution < -0.4 is 0 Å². The summed E-state index contributed by atoms with van der Waals surface area (Å²) < 4.78 is 17.7. The summed E-state index contributed by atoms with van der Waals surface area (Å²) in [4.78, 5) is 11.5. The maximum atomic E-state index is 12.7. The van der Waals surface area contributed by atoms with Crippen molar-refractivity contribution in [3.05, 3.63) is 35.6 Å². The van der Waals surface area contributed by atoms with E-state index in [1.165, 1.54) is 12.1 Å². The van der Waals surface area contributed by atoms with Crippen LogP contribution in [0.1, 0.15) is 12.0 Å². The first-order valence-corrected chi connectivity index (χ1v) is 4.67. The minimum absolute atomic E-state index is 0.144. The van der Waals surface area contributed by atoms with E-state index in [4.69, 9.17) is 4.74 Å². The van der Waals surface area contributed by atoms with E-state index in [1.807, 2.05) is 0 Å². The molecule has 2 aliphatic rings. The van der Waals surface area contributed by atoms with E-state index >= 15 is 0 Å². The van der Waals surface area contributed by atoms with Gasteiger partial charge in [-0.3, -0.25) is 4.79 Å². The average molecular weight is 192 g/mol. The van der Waals surface area contributed by atoms with Gasteiger partial charge in [0.15, 0.2) is 0 Å². The third-order valence-corrected chi connectivity index (χ3v) is 3.24. The van der Waals surface area contributed by atoms with Gasteiger partial charge in [-0.2, -0.15) is 0 Å². The molecule has 3 heteroatoms. The molecule has 3 rings (SSSR count). The van der Waals surface area contributed by atoms with Gasteiger partial charge in [0.05, 0.1) is 12.0 Å². The van der Waals surface area contributed by atoms with Gasteiger partial charge in [0.1, 0.15) is 5.82 Å². The van der Waals surface area contributed by atoms with Crippen LogP contribution in [0, 0.1) is 11.7 Å². The predicted octanol–water partition coefficient (Wildman–Crippen LogP) is 1.64. The molecule has 1 aliphatic heterocycles. The van der Waals surface area contributed by atoms with Crippen molar-refractivity contribution >= 4 is 5.97 Å². The maximum Gasteiger partial charge on any atom is 0.317 e. The van der Waals surface area contributed by atoms with Crippen LogP contribution >= 0.6 is 0 Å². The van der Waals surface area contributed by atoms with Crippen molar-refractivity contribution in [2.45, 2.75) is 11.8 Å². The zero-order valence-corrected chi connectivity index (χ0v) is 7.50. The summed E-state index contributed by atoms with van der Waals surface area (Å²) in [6, 6.07) is 6.15. The van der Waals surface area contributed by atoms with Gasteiger partial charge in [-0.15, -0.1) is 0 Å². The van der Waals surface area contributed by atoms with E-state index in [-0.39, 0.29) is 11.8 Å². The quantitative estimate of drug-likeness (QED) is 0.632. The second-order valence-corrected chi connectivity index (χ2v) is 3.98. The van der Waals surface area contributed by atoms with Gasteiger partial charge in [-0.05, 0) is 24.1 Å². The fourth-order valence-corrected chi connectivity index (χ4v) is 2.30. The molecule has 0 spiro atoms. The predicted molar refractivity (Wildman–Crippen MR) is 47.1 cm³/mol. The number of carbonyl (C=O) groups is 1. The molecule has 0 radical (unpaired) electrons. The number of cyclic esters (lactones) is 1. The van der Waals surface area contributed by atoms with Crippen molar-refractivity contribution < 1.29 is 13.9 Å². The van der Waals surface area contributed by atoms with Crippen LogP contribution in [-0.2, 0) is 14.9 Å². The first kappa shape index (κ1) is 7.97. The highest BCUT2D eigenvalue weighted by atomic mass is 19.1. The normalized spacial score (nSPS) is 33.8. The molecule has 0 bridgehead atoms. The molecule has 0 N–H and O–H groups in total. The Balaban J connectivity index is 2.04. The summed E-state index contributed by atoms with van der Waals surface area (Å²) in [5.41, 5.74) is 0.472. The van der Waals surface area contributed by atoms with Crippen LogP contribution in [0.5, 0.6) is 0 Å². The standard InChI is InChI=1S/C11H9FO2/c12-9-3-1-7(2-4-9)11-5-8(11)6-14-10(11)13/h1-4,8H,5-6H2/t8-,11+/m1/s1. The first-order chi connectivity index (χ1) is 6.73. The van der Waals surface area contributed by atoms with Crippen molar-refractivity contribution in [2.24, 2.45) is 5.92 Å². The molecule has 1 aliphatic carbocycles. The van der Waals surface area contributed by atoms with E-state index < -0.39 is 5.41 Å².